The van der Waals surface area contributed by atoms with E-state index in [4.69, 9.17) is 4.52 Å². The largest absolute Gasteiger partial charge is 0.360 e. The summed E-state index contributed by atoms with van der Waals surface area (Å²) in [5.74, 6) is 1.04. The summed E-state index contributed by atoms with van der Waals surface area (Å²) in [5, 5.41) is 9.32. The van der Waals surface area contributed by atoms with E-state index in [0.29, 0.717) is 17.5 Å². The predicted molar refractivity (Wildman–Crippen MR) is 70.0 cm³/mol. The maximum absolute atomic E-state index is 12.0. The quantitative estimate of drug-likeness (QED) is 0.872. The first-order valence-electron chi connectivity index (χ1n) is 5.89. The van der Waals surface area contributed by atoms with Crippen molar-refractivity contribution in [1.82, 2.24) is 15.1 Å². The number of rotatable bonds is 4. The smallest absolute Gasteiger partial charge is 0.275 e. The van der Waals surface area contributed by atoms with Gasteiger partial charge in [-0.05, 0) is 26.8 Å². The van der Waals surface area contributed by atoms with Gasteiger partial charge in [-0.15, -0.1) is 0 Å². The number of carbonyl (C=O) groups excluding carboxylic acids is 1. The van der Waals surface area contributed by atoms with Gasteiger partial charge in [-0.2, -0.15) is 0 Å². The molecule has 0 aliphatic heterocycles. The van der Waals surface area contributed by atoms with Crippen molar-refractivity contribution in [3.05, 3.63) is 29.8 Å². The average Bonchev–Trinajstić information content (AvgIpc) is 2.74. The fraction of sp³-hybridized carbons (Fsp3) is 0.333. The minimum absolute atomic E-state index is 0.191. The van der Waals surface area contributed by atoms with Crippen LogP contribution in [-0.2, 0) is 0 Å². The Bertz CT molecular complexity index is 579. The second kappa shape index (κ2) is 5.47. The Labute approximate surface area is 110 Å². The zero-order chi connectivity index (χ0) is 13.8. The molecule has 0 radical (unpaired) electrons. The number of hydrogen-bond donors (Lipinski definition) is 2. The Morgan fingerprint density at radius 3 is 2.84 bits per heavy atom. The van der Waals surface area contributed by atoms with Crippen LogP contribution in [0.1, 0.15) is 30.1 Å². The lowest BCUT2D eigenvalue weighted by atomic mass is 10.3. The summed E-state index contributed by atoms with van der Waals surface area (Å²) in [6.07, 6.45) is 1.53. The molecule has 0 aliphatic rings. The van der Waals surface area contributed by atoms with Crippen LogP contribution in [0.4, 0.5) is 11.8 Å². The zero-order valence-electron chi connectivity index (χ0n) is 11.0. The molecule has 0 unspecified atom stereocenters. The van der Waals surface area contributed by atoms with Gasteiger partial charge in [-0.25, -0.2) is 9.97 Å². The number of anilines is 2. The van der Waals surface area contributed by atoms with Crippen molar-refractivity contribution in [1.29, 1.82) is 0 Å². The lowest BCUT2D eigenvalue weighted by Gasteiger charge is -2.08. The zero-order valence-corrected chi connectivity index (χ0v) is 11.0. The van der Waals surface area contributed by atoms with E-state index in [1.165, 1.54) is 12.3 Å². The minimum atomic E-state index is -0.359. The van der Waals surface area contributed by atoms with Gasteiger partial charge < -0.3 is 15.2 Å². The van der Waals surface area contributed by atoms with Crippen LogP contribution in [-0.4, -0.2) is 27.1 Å². The van der Waals surface area contributed by atoms with E-state index >= 15 is 0 Å². The monoisotopic (exact) mass is 261 g/mol. The van der Waals surface area contributed by atoms with Gasteiger partial charge in [0.15, 0.2) is 5.82 Å². The van der Waals surface area contributed by atoms with Crippen molar-refractivity contribution in [2.75, 3.05) is 10.6 Å². The van der Waals surface area contributed by atoms with Crippen LogP contribution >= 0.6 is 0 Å². The first kappa shape index (κ1) is 13.0. The molecule has 0 saturated heterocycles. The number of carbonyl (C=O) groups is 1. The molecule has 100 valence electrons. The molecule has 0 spiro atoms. The second-order valence-corrected chi connectivity index (χ2v) is 4.34. The average molecular weight is 261 g/mol. The van der Waals surface area contributed by atoms with Gasteiger partial charge in [0.1, 0.15) is 11.5 Å². The molecule has 2 aromatic rings. The topological polar surface area (TPSA) is 92.9 Å². The molecule has 2 rings (SSSR count). The molecule has 1 amide bonds. The van der Waals surface area contributed by atoms with Gasteiger partial charge in [0, 0.05) is 18.3 Å². The van der Waals surface area contributed by atoms with Gasteiger partial charge >= 0.3 is 0 Å². The SMILES string of the molecule is Cc1cc(NC(=O)c2ccnc(NC(C)C)n2)no1. The highest BCUT2D eigenvalue weighted by molar-refractivity contribution is 6.02. The lowest BCUT2D eigenvalue weighted by molar-refractivity contribution is 0.102. The van der Waals surface area contributed by atoms with Crippen molar-refractivity contribution in [2.45, 2.75) is 26.8 Å². The van der Waals surface area contributed by atoms with Crippen molar-refractivity contribution < 1.29 is 9.32 Å². The maximum atomic E-state index is 12.0. The third-order valence-electron chi connectivity index (χ3n) is 2.18. The summed E-state index contributed by atoms with van der Waals surface area (Å²) in [6.45, 7) is 5.68. The van der Waals surface area contributed by atoms with E-state index < -0.39 is 0 Å². The Kier molecular flexibility index (Phi) is 3.74. The highest BCUT2D eigenvalue weighted by Crippen LogP contribution is 2.09. The van der Waals surface area contributed by atoms with E-state index in [-0.39, 0.29) is 17.6 Å². The highest BCUT2D eigenvalue weighted by Gasteiger charge is 2.11. The van der Waals surface area contributed by atoms with E-state index in [0.717, 1.165) is 0 Å². The van der Waals surface area contributed by atoms with E-state index in [9.17, 15) is 4.79 Å². The van der Waals surface area contributed by atoms with Crippen LogP contribution in [0.3, 0.4) is 0 Å². The Morgan fingerprint density at radius 1 is 1.42 bits per heavy atom. The fourth-order valence-electron chi connectivity index (χ4n) is 1.42. The number of nitrogens with one attached hydrogen (secondary N) is 2. The van der Waals surface area contributed by atoms with E-state index in [1.807, 2.05) is 13.8 Å². The molecule has 0 saturated carbocycles. The van der Waals surface area contributed by atoms with Gasteiger partial charge in [-0.3, -0.25) is 4.79 Å². The lowest BCUT2D eigenvalue weighted by Crippen LogP contribution is -2.17. The Morgan fingerprint density at radius 2 is 2.21 bits per heavy atom. The van der Waals surface area contributed by atoms with Gasteiger partial charge in [0.25, 0.3) is 5.91 Å². The van der Waals surface area contributed by atoms with E-state index in [2.05, 4.69) is 25.8 Å². The fourth-order valence-corrected chi connectivity index (χ4v) is 1.42. The summed E-state index contributed by atoms with van der Waals surface area (Å²) in [6, 6.07) is 3.36. The molecule has 0 fully saturated rings. The minimum Gasteiger partial charge on any atom is -0.360 e. The van der Waals surface area contributed by atoms with E-state index in [1.54, 1.807) is 13.0 Å². The van der Waals surface area contributed by atoms with Crippen LogP contribution < -0.4 is 10.6 Å². The number of hydrogen-bond acceptors (Lipinski definition) is 6. The second-order valence-electron chi connectivity index (χ2n) is 4.34. The summed E-state index contributed by atoms with van der Waals surface area (Å²) >= 11 is 0. The molecular weight excluding hydrogens is 246 g/mol. The molecule has 7 nitrogen and oxygen atoms in total. The summed E-state index contributed by atoms with van der Waals surface area (Å²) < 4.78 is 4.87. The number of nitrogens with zero attached hydrogens (tertiary/aromatic N) is 3. The van der Waals surface area contributed by atoms with Crippen LogP contribution in [0.25, 0.3) is 0 Å². The first-order valence-corrected chi connectivity index (χ1v) is 5.89. The van der Waals surface area contributed by atoms with Gasteiger partial charge in [0.05, 0.1) is 0 Å². The molecule has 0 atom stereocenters. The van der Waals surface area contributed by atoms with Crippen molar-refractivity contribution >= 4 is 17.7 Å². The standard InChI is InChI=1S/C12H15N5O2/c1-7(2)14-12-13-5-4-9(15-12)11(18)16-10-6-8(3)19-17-10/h4-7H,1-3H3,(H,13,14,15)(H,16,17,18). The third kappa shape index (κ3) is 3.51. The molecule has 7 heteroatoms. The van der Waals surface area contributed by atoms with Gasteiger partial charge in [-0.1, -0.05) is 5.16 Å². The molecule has 2 heterocycles. The highest BCUT2D eigenvalue weighted by atomic mass is 16.5. The van der Waals surface area contributed by atoms with Crippen LogP contribution in [0.15, 0.2) is 22.9 Å². The van der Waals surface area contributed by atoms with Crippen molar-refractivity contribution in [2.24, 2.45) is 0 Å². The molecule has 2 N–H and O–H groups in total. The van der Waals surface area contributed by atoms with Crippen LogP contribution in [0.2, 0.25) is 0 Å². The van der Waals surface area contributed by atoms with Gasteiger partial charge in [0.2, 0.25) is 5.95 Å². The maximum Gasteiger partial charge on any atom is 0.275 e. The molecule has 0 aliphatic carbocycles. The molecule has 2 aromatic heterocycles. The normalized spacial score (nSPS) is 10.5. The van der Waals surface area contributed by atoms with Crippen LogP contribution in [0.5, 0.6) is 0 Å². The third-order valence-corrected chi connectivity index (χ3v) is 2.18. The number of amides is 1. The molecule has 19 heavy (non-hydrogen) atoms. The Balaban J connectivity index is 2.10. The molecule has 0 bridgehead atoms. The van der Waals surface area contributed by atoms with Crippen LogP contribution in [0, 0.1) is 6.92 Å². The predicted octanol–water partition coefficient (Wildman–Crippen LogP) is 1.85. The van der Waals surface area contributed by atoms with Crippen molar-refractivity contribution in [3.63, 3.8) is 0 Å². The Hall–Kier alpha value is -2.44. The summed E-state index contributed by atoms with van der Waals surface area (Å²) in [5.41, 5.74) is 0.263. The number of aromatic nitrogens is 3. The summed E-state index contributed by atoms with van der Waals surface area (Å²) in [7, 11) is 0. The summed E-state index contributed by atoms with van der Waals surface area (Å²) in [4.78, 5) is 20.1. The molecule has 0 aromatic carbocycles. The molecular formula is C12H15N5O2. The number of aryl methyl sites for hydroxylation is 1. The van der Waals surface area contributed by atoms with Crippen molar-refractivity contribution in [3.8, 4) is 0 Å². The first-order chi connectivity index (χ1) is 9.04.